The lowest BCUT2D eigenvalue weighted by atomic mass is 9.85. The van der Waals surface area contributed by atoms with Gasteiger partial charge < -0.3 is 9.84 Å². The minimum absolute atomic E-state index is 0.0636. The summed E-state index contributed by atoms with van der Waals surface area (Å²) in [7, 11) is 0. The smallest absolute Gasteiger partial charge is 0.503 e. The molecule has 0 unspecified atom stereocenters. The molecule has 1 aliphatic heterocycles. The number of benzene rings is 2. The standard InChI is InChI=1S/C27H24F3N3O4/c1-15-5-14-20(32-31-15)33-22(16-8-12-19(13-9-16)37-27(28,29)30)21(24(35)25(33)36)23(34)17-6-10-18(11-7-17)26(2,3)4/h5-14,22,35H,1-4H3/t22-/m1/s1. The molecule has 0 saturated heterocycles. The second kappa shape index (κ2) is 9.34. The Hall–Kier alpha value is -4.21. The van der Waals surface area contributed by atoms with Crippen LogP contribution in [0.5, 0.6) is 5.75 Å². The zero-order chi connectivity index (χ0) is 27.1. The molecule has 10 heteroatoms. The van der Waals surface area contributed by atoms with E-state index in [0.29, 0.717) is 5.69 Å². The minimum atomic E-state index is -4.88. The van der Waals surface area contributed by atoms with Crippen LogP contribution in [-0.2, 0) is 10.2 Å². The number of ketones is 1. The van der Waals surface area contributed by atoms with Gasteiger partial charge in [0.05, 0.1) is 17.3 Å². The summed E-state index contributed by atoms with van der Waals surface area (Å²) in [6, 6.07) is 13.5. The average Bonchev–Trinajstić information content (AvgIpc) is 3.08. The normalized spacial score (nSPS) is 16.4. The van der Waals surface area contributed by atoms with Crippen LogP contribution in [0.4, 0.5) is 19.0 Å². The largest absolute Gasteiger partial charge is 0.573 e. The molecule has 0 saturated carbocycles. The molecule has 0 radical (unpaired) electrons. The van der Waals surface area contributed by atoms with Crippen molar-refractivity contribution in [3.05, 3.63) is 94.4 Å². The fraction of sp³-hybridized carbons (Fsp3) is 0.259. The molecule has 1 atom stereocenters. The van der Waals surface area contributed by atoms with Gasteiger partial charge in [-0.3, -0.25) is 14.5 Å². The van der Waals surface area contributed by atoms with Gasteiger partial charge in [0.25, 0.3) is 5.91 Å². The lowest BCUT2D eigenvalue weighted by Gasteiger charge is -2.26. The fourth-order valence-electron chi connectivity index (χ4n) is 4.04. The van der Waals surface area contributed by atoms with E-state index in [4.69, 9.17) is 0 Å². The number of halogens is 3. The Kier molecular flexibility index (Phi) is 6.53. The van der Waals surface area contributed by atoms with Crippen molar-refractivity contribution in [3.8, 4) is 5.75 Å². The summed E-state index contributed by atoms with van der Waals surface area (Å²) in [6.07, 6.45) is -4.88. The van der Waals surface area contributed by atoms with Gasteiger partial charge in [0.2, 0.25) is 0 Å². The van der Waals surface area contributed by atoms with Crippen molar-refractivity contribution >= 4 is 17.5 Å². The first-order valence-corrected chi connectivity index (χ1v) is 11.3. The molecular formula is C27H24F3N3O4. The number of aromatic nitrogens is 2. The van der Waals surface area contributed by atoms with Crippen LogP contribution in [0.3, 0.4) is 0 Å². The second-order valence-electron chi connectivity index (χ2n) is 9.65. The summed E-state index contributed by atoms with van der Waals surface area (Å²) >= 11 is 0. The summed E-state index contributed by atoms with van der Waals surface area (Å²) in [6.45, 7) is 7.77. The predicted octanol–water partition coefficient (Wildman–Crippen LogP) is 5.76. The van der Waals surface area contributed by atoms with Crippen molar-refractivity contribution < 1.29 is 32.6 Å². The van der Waals surface area contributed by atoms with Crippen LogP contribution >= 0.6 is 0 Å². The number of hydrogen-bond acceptors (Lipinski definition) is 6. The topological polar surface area (TPSA) is 92.6 Å². The number of alkyl halides is 3. The van der Waals surface area contributed by atoms with E-state index in [9.17, 15) is 27.9 Å². The highest BCUT2D eigenvalue weighted by molar-refractivity contribution is 6.20. The molecule has 0 aliphatic carbocycles. The van der Waals surface area contributed by atoms with Gasteiger partial charge in [0.15, 0.2) is 17.4 Å². The SMILES string of the molecule is Cc1ccc(N2C(=O)C(O)=C(C(=O)c3ccc(C(C)(C)C)cc3)[C@H]2c2ccc(OC(F)(F)F)cc2)nn1. The molecule has 2 aromatic carbocycles. The van der Waals surface area contributed by atoms with E-state index in [2.05, 4.69) is 14.9 Å². The van der Waals surface area contributed by atoms with E-state index in [-0.39, 0.29) is 27.9 Å². The molecule has 1 N–H and O–H groups in total. The summed E-state index contributed by atoms with van der Waals surface area (Å²) in [5.41, 5.74) is 1.69. The Morgan fingerprint density at radius 3 is 2.08 bits per heavy atom. The first kappa shape index (κ1) is 25.9. The van der Waals surface area contributed by atoms with Crippen molar-refractivity contribution in [1.29, 1.82) is 0 Å². The quantitative estimate of drug-likeness (QED) is 0.438. The molecule has 4 rings (SSSR count). The number of amides is 1. The molecule has 0 fully saturated rings. The van der Waals surface area contributed by atoms with Crippen LogP contribution in [0.2, 0.25) is 0 Å². The predicted molar refractivity (Wildman–Crippen MR) is 129 cm³/mol. The number of aliphatic hydroxyl groups is 1. The average molecular weight is 512 g/mol. The zero-order valence-corrected chi connectivity index (χ0v) is 20.5. The first-order chi connectivity index (χ1) is 17.3. The second-order valence-corrected chi connectivity index (χ2v) is 9.65. The summed E-state index contributed by atoms with van der Waals surface area (Å²) in [5, 5.41) is 18.8. The molecule has 1 aliphatic rings. The van der Waals surface area contributed by atoms with Crippen LogP contribution in [-0.4, -0.2) is 33.4 Å². The van der Waals surface area contributed by atoms with E-state index in [1.54, 1.807) is 37.3 Å². The first-order valence-electron chi connectivity index (χ1n) is 11.3. The van der Waals surface area contributed by atoms with Gasteiger partial charge in [-0.05, 0) is 47.7 Å². The molecule has 3 aromatic rings. The van der Waals surface area contributed by atoms with Gasteiger partial charge in [-0.25, -0.2) is 0 Å². The third kappa shape index (κ3) is 5.32. The molecule has 2 heterocycles. The van der Waals surface area contributed by atoms with Crippen molar-refractivity contribution in [1.82, 2.24) is 10.2 Å². The van der Waals surface area contributed by atoms with Crippen molar-refractivity contribution in [2.75, 3.05) is 4.90 Å². The van der Waals surface area contributed by atoms with E-state index >= 15 is 0 Å². The van der Waals surface area contributed by atoms with E-state index in [0.717, 1.165) is 22.6 Å². The molecule has 1 amide bonds. The Labute approximate surface area is 211 Å². The summed E-state index contributed by atoms with van der Waals surface area (Å²) in [4.78, 5) is 27.9. The Bertz CT molecular complexity index is 1360. The number of Topliss-reactive ketones (excluding diaryl/α,β-unsaturated/α-hetero) is 1. The van der Waals surface area contributed by atoms with Crippen LogP contribution in [0.1, 0.15) is 54.0 Å². The Balaban J connectivity index is 1.79. The van der Waals surface area contributed by atoms with Crippen molar-refractivity contribution in [3.63, 3.8) is 0 Å². The van der Waals surface area contributed by atoms with E-state index < -0.39 is 35.6 Å². The number of hydrogen-bond donors (Lipinski definition) is 1. The van der Waals surface area contributed by atoms with Gasteiger partial charge in [0.1, 0.15) is 5.75 Å². The Morgan fingerprint density at radius 1 is 0.946 bits per heavy atom. The monoisotopic (exact) mass is 511 g/mol. The molecule has 37 heavy (non-hydrogen) atoms. The maximum atomic E-state index is 13.6. The van der Waals surface area contributed by atoms with Crippen LogP contribution in [0.25, 0.3) is 0 Å². The van der Waals surface area contributed by atoms with E-state index in [1.807, 2.05) is 20.8 Å². The molecule has 0 spiro atoms. The number of rotatable bonds is 5. The lowest BCUT2D eigenvalue weighted by Crippen LogP contribution is -2.32. The maximum Gasteiger partial charge on any atom is 0.573 e. The van der Waals surface area contributed by atoms with Gasteiger partial charge in [-0.15, -0.1) is 18.3 Å². The summed E-state index contributed by atoms with van der Waals surface area (Å²) in [5.74, 6) is -2.66. The molecule has 7 nitrogen and oxygen atoms in total. The molecule has 1 aromatic heterocycles. The number of ether oxygens (including phenoxy) is 1. The van der Waals surface area contributed by atoms with Crippen molar-refractivity contribution in [2.24, 2.45) is 0 Å². The third-order valence-electron chi connectivity index (χ3n) is 5.93. The fourth-order valence-corrected chi connectivity index (χ4v) is 4.04. The van der Waals surface area contributed by atoms with Gasteiger partial charge in [-0.1, -0.05) is 57.2 Å². The number of nitrogens with zero attached hydrogens (tertiary/aromatic N) is 3. The van der Waals surface area contributed by atoms with Gasteiger partial charge in [-0.2, -0.15) is 5.10 Å². The highest BCUT2D eigenvalue weighted by atomic mass is 19.4. The Morgan fingerprint density at radius 2 is 1.57 bits per heavy atom. The molecular weight excluding hydrogens is 487 g/mol. The van der Waals surface area contributed by atoms with Crippen molar-refractivity contribution in [2.45, 2.75) is 45.5 Å². The highest BCUT2D eigenvalue weighted by Crippen LogP contribution is 2.42. The minimum Gasteiger partial charge on any atom is -0.503 e. The number of anilines is 1. The van der Waals surface area contributed by atoms with Gasteiger partial charge in [0, 0.05) is 5.56 Å². The molecule has 192 valence electrons. The van der Waals surface area contributed by atoms with Crippen LogP contribution in [0.15, 0.2) is 72.0 Å². The van der Waals surface area contributed by atoms with Crippen LogP contribution < -0.4 is 9.64 Å². The summed E-state index contributed by atoms with van der Waals surface area (Å²) < 4.78 is 41.9. The number of carbonyl (C=O) groups is 2. The number of aryl methyl sites for hydroxylation is 1. The third-order valence-corrected chi connectivity index (χ3v) is 5.93. The maximum absolute atomic E-state index is 13.6. The number of carbonyl (C=O) groups excluding carboxylic acids is 2. The van der Waals surface area contributed by atoms with Crippen LogP contribution in [0, 0.1) is 6.92 Å². The van der Waals surface area contributed by atoms with Gasteiger partial charge >= 0.3 is 6.36 Å². The lowest BCUT2D eigenvalue weighted by molar-refractivity contribution is -0.274. The van der Waals surface area contributed by atoms with E-state index in [1.165, 1.54) is 18.2 Å². The zero-order valence-electron chi connectivity index (χ0n) is 20.5. The highest BCUT2D eigenvalue weighted by Gasteiger charge is 2.45. The molecule has 0 bridgehead atoms. The number of aliphatic hydroxyl groups excluding tert-OH is 1.